The van der Waals surface area contributed by atoms with Crippen LogP contribution in [-0.2, 0) is 0 Å². The zero-order chi connectivity index (χ0) is 32.5. The number of hydrogen-bond acceptors (Lipinski definition) is 10. The van der Waals surface area contributed by atoms with Crippen molar-refractivity contribution in [1.29, 1.82) is 0 Å². The van der Waals surface area contributed by atoms with Crippen molar-refractivity contribution in [2.45, 2.75) is 0 Å². The first kappa shape index (κ1) is 32.2. The van der Waals surface area contributed by atoms with E-state index in [-0.39, 0.29) is 39.6 Å². The predicted molar refractivity (Wildman–Crippen MR) is 168 cm³/mol. The van der Waals surface area contributed by atoms with Gasteiger partial charge in [0.1, 0.15) is 5.75 Å². The third-order valence-electron chi connectivity index (χ3n) is 6.17. The number of rotatable bonds is 11. The number of nitrogens with one attached hydrogen (secondary N) is 2. The van der Waals surface area contributed by atoms with Gasteiger partial charge in [-0.15, -0.1) is 0 Å². The van der Waals surface area contributed by atoms with Crippen molar-refractivity contribution < 1.29 is 38.3 Å². The second kappa shape index (κ2) is 14.6. The van der Waals surface area contributed by atoms with Gasteiger partial charge in [-0.2, -0.15) is 5.10 Å². The Morgan fingerprint density at radius 3 is 2.11 bits per heavy atom. The molecule has 0 aromatic heterocycles. The number of halogens is 1. The highest BCUT2D eigenvalue weighted by Crippen LogP contribution is 2.38. The van der Waals surface area contributed by atoms with Gasteiger partial charge in [0.15, 0.2) is 11.5 Å². The zero-order valence-electron chi connectivity index (χ0n) is 24.0. The highest BCUT2D eigenvalue weighted by atomic mass is 79.9. The Morgan fingerprint density at radius 1 is 0.800 bits per heavy atom. The summed E-state index contributed by atoms with van der Waals surface area (Å²) in [6.07, 6.45) is 1.31. The fraction of sp³-hybridized carbons (Fsp3) is 0.0968. The van der Waals surface area contributed by atoms with Crippen LogP contribution in [0.1, 0.15) is 36.6 Å². The van der Waals surface area contributed by atoms with E-state index < -0.39 is 22.7 Å². The minimum Gasteiger partial charge on any atom is -0.493 e. The topological polar surface area (TPSA) is 168 Å². The van der Waals surface area contributed by atoms with E-state index in [2.05, 4.69) is 31.8 Å². The molecule has 4 aromatic carbocycles. The van der Waals surface area contributed by atoms with E-state index >= 15 is 0 Å². The summed E-state index contributed by atoms with van der Waals surface area (Å²) in [4.78, 5) is 48.7. The van der Waals surface area contributed by atoms with Crippen LogP contribution >= 0.6 is 15.9 Å². The molecule has 0 atom stereocenters. The van der Waals surface area contributed by atoms with Crippen molar-refractivity contribution in [2.24, 2.45) is 5.10 Å². The lowest BCUT2D eigenvalue weighted by atomic mass is 10.1. The Hall–Kier alpha value is -5.76. The molecular formula is C31H25BrN4O9. The maximum absolute atomic E-state index is 13.0. The average molecular weight is 677 g/mol. The van der Waals surface area contributed by atoms with Crippen LogP contribution in [0.3, 0.4) is 0 Å². The van der Waals surface area contributed by atoms with Gasteiger partial charge in [0.25, 0.3) is 17.5 Å². The fourth-order valence-electron chi connectivity index (χ4n) is 3.97. The van der Waals surface area contributed by atoms with Crippen LogP contribution < -0.4 is 29.7 Å². The number of ether oxygens (including phenoxy) is 4. The number of carbonyl (C=O) groups excluding carboxylic acids is 3. The van der Waals surface area contributed by atoms with Gasteiger partial charge < -0.3 is 24.3 Å². The van der Waals surface area contributed by atoms with Crippen LogP contribution in [-0.4, -0.2) is 50.3 Å². The van der Waals surface area contributed by atoms with Crippen molar-refractivity contribution in [3.05, 3.63) is 116 Å². The Morgan fingerprint density at radius 2 is 1.49 bits per heavy atom. The summed E-state index contributed by atoms with van der Waals surface area (Å²) >= 11 is 3.37. The summed E-state index contributed by atoms with van der Waals surface area (Å²) in [6, 6.07) is 19.0. The van der Waals surface area contributed by atoms with E-state index in [0.717, 1.165) is 0 Å². The minimum atomic E-state index is -0.706. The van der Waals surface area contributed by atoms with E-state index in [1.807, 2.05) is 0 Å². The number of non-ortho nitro benzene ring substituents is 1. The normalized spacial score (nSPS) is 10.6. The Bertz CT molecular complexity index is 1770. The molecule has 0 radical (unpaired) electrons. The van der Waals surface area contributed by atoms with Crippen LogP contribution in [0.25, 0.3) is 0 Å². The lowest BCUT2D eigenvalue weighted by Gasteiger charge is -2.14. The van der Waals surface area contributed by atoms with Gasteiger partial charge in [-0.05, 0) is 60.7 Å². The molecular weight excluding hydrogens is 652 g/mol. The molecule has 230 valence electrons. The number of nitro benzene ring substituents is 1. The lowest BCUT2D eigenvalue weighted by Crippen LogP contribution is -2.18. The molecule has 0 fully saturated rings. The van der Waals surface area contributed by atoms with Gasteiger partial charge >= 0.3 is 5.97 Å². The van der Waals surface area contributed by atoms with E-state index in [0.29, 0.717) is 21.5 Å². The summed E-state index contributed by atoms with van der Waals surface area (Å²) < 4.78 is 22.2. The lowest BCUT2D eigenvalue weighted by molar-refractivity contribution is -0.384. The van der Waals surface area contributed by atoms with Crippen molar-refractivity contribution in [2.75, 3.05) is 26.6 Å². The molecule has 0 heterocycles. The number of carbonyl (C=O) groups is 3. The van der Waals surface area contributed by atoms with Crippen molar-refractivity contribution in [3.8, 4) is 23.0 Å². The molecule has 0 aliphatic rings. The second-order valence-electron chi connectivity index (χ2n) is 9.02. The van der Waals surface area contributed by atoms with E-state index in [1.54, 1.807) is 30.3 Å². The van der Waals surface area contributed by atoms with Crippen molar-refractivity contribution >= 4 is 51.3 Å². The average Bonchev–Trinajstić information content (AvgIpc) is 3.05. The number of hydrogen-bond donors (Lipinski definition) is 2. The van der Waals surface area contributed by atoms with Gasteiger partial charge in [-0.1, -0.05) is 22.0 Å². The molecule has 4 rings (SSSR count). The third kappa shape index (κ3) is 8.00. The Kier molecular flexibility index (Phi) is 10.4. The van der Waals surface area contributed by atoms with Crippen LogP contribution in [0.5, 0.6) is 23.0 Å². The van der Waals surface area contributed by atoms with Crippen molar-refractivity contribution in [3.63, 3.8) is 0 Å². The van der Waals surface area contributed by atoms with Gasteiger partial charge in [-0.25, -0.2) is 10.2 Å². The summed E-state index contributed by atoms with van der Waals surface area (Å²) in [7, 11) is 4.31. The number of benzene rings is 4. The summed E-state index contributed by atoms with van der Waals surface area (Å²) in [5, 5.41) is 17.5. The maximum atomic E-state index is 13.0. The quantitative estimate of drug-likeness (QED) is 0.0673. The number of nitro groups is 1. The molecule has 13 nitrogen and oxygen atoms in total. The third-order valence-corrected chi connectivity index (χ3v) is 6.66. The first-order chi connectivity index (χ1) is 21.6. The van der Waals surface area contributed by atoms with Gasteiger partial charge in [0, 0.05) is 39.0 Å². The van der Waals surface area contributed by atoms with Gasteiger partial charge in [-0.3, -0.25) is 19.7 Å². The molecule has 0 saturated carbocycles. The number of esters is 1. The number of anilines is 1. The molecule has 14 heteroatoms. The molecule has 2 amide bonds. The molecule has 0 aliphatic heterocycles. The molecule has 2 N–H and O–H groups in total. The Balaban J connectivity index is 1.45. The monoisotopic (exact) mass is 676 g/mol. The molecule has 0 spiro atoms. The number of methoxy groups -OCH3 is 3. The largest absolute Gasteiger partial charge is 0.493 e. The van der Waals surface area contributed by atoms with Crippen LogP contribution in [0.2, 0.25) is 0 Å². The van der Waals surface area contributed by atoms with Crippen LogP contribution in [0.4, 0.5) is 11.4 Å². The highest BCUT2D eigenvalue weighted by Gasteiger charge is 2.19. The maximum Gasteiger partial charge on any atom is 0.343 e. The smallest absolute Gasteiger partial charge is 0.343 e. The summed E-state index contributed by atoms with van der Waals surface area (Å²) in [5.41, 5.74) is 3.49. The SMILES string of the molecule is COc1cc(C(=O)Oc2ccc(Br)cc2C=NNC(=O)c2cccc(NC(=O)c3ccc([N+](=O)[O-])cc3)c2)cc(OC)c1OC. The first-order valence-electron chi connectivity index (χ1n) is 12.9. The standard InChI is InChI=1S/C31H25BrN4O9/c1-42-26-15-20(16-27(43-2)28(26)44-3)31(39)45-25-12-9-22(32)13-21(25)17-33-35-30(38)19-5-4-6-23(14-19)34-29(37)18-7-10-24(11-8-18)36(40)41/h4-17H,1-3H3,(H,34,37)(H,35,38). The molecule has 4 aromatic rings. The second-order valence-corrected chi connectivity index (χ2v) is 9.94. The first-order valence-corrected chi connectivity index (χ1v) is 13.7. The highest BCUT2D eigenvalue weighted by molar-refractivity contribution is 9.10. The Labute approximate surface area is 265 Å². The van der Waals surface area contributed by atoms with E-state index in [1.165, 1.54) is 76.1 Å². The minimum absolute atomic E-state index is 0.141. The number of amides is 2. The summed E-state index contributed by atoms with van der Waals surface area (Å²) in [5.74, 6) is -0.763. The van der Waals surface area contributed by atoms with E-state index in [9.17, 15) is 24.5 Å². The predicted octanol–water partition coefficient (Wildman–Crippen LogP) is 5.62. The van der Waals surface area contributed by atoms with Crippen molar-refractivity contribution in [1.82, 2.24) is 5.43 Å². The van der Waals surface area contributed by atoms with E-state index in [4.69, 9.17) is 18.9 Å². The van der Waals surface area contributed by atoms with Gasteiger partial charge in [0.05, 0.1) is 38.0 Å². The fourth-order valence-corrected chi connectivity index (χ4v) is 4.35. The molecule has 45 heavy (non-hydrogen) atoms. The van der Waals surface area contributed by atoms with Gasteiger partial charge in [0.2, 0.25) is 5.75 Å². The zero-order valence-corrected chi connectivity index (χ0v) is 25.6. The number of nitrogens with zero attached hydrogens (tertiary/aromatic N) is 2. The molecule has 0 aliphatic carbocycles. The molecule has 0 saturated heterocycles. The number of hydrazone groups is 1. The van der Waals surface area contributed by atoms with Crippen LogP contribution in [0, 0.1) is 10.1 Å². The van der Waals surface area contributed by atoms with Crippen LogP contribution in [0.15, 0.2) is 88.4 Å². The molecule has 0 unspecified atom stereocenters. The summed E-state index contributed by atoms with van der Waals surface area (Å²) in [6.45, 7) is 0. The molecule has 0 bridgehead atoms.